The minimum Gasteiger partial charge on any atom is -0.359 e. The largest absolute Gasteiger partial charge is 0.359 e. The maximum atomic E-state index is 11.5. The van der Waals surface area contributed by atoms with Crippen LogP contribution in [0.4, 0.5) is 0 Å². The molecule has 0 bridgehead atoms. The van der Waals surface area contributed by atoms with Crippen LogP contribution in [-0.4, -0.2) is 25.4 Å². The number of hydrogen-bond acceptors (Lipinski definition) is 2. The van der Waals surface area contributed by atoms with Gasteiger partial charge in [-0.2, -0.15) is 0 Å². The van der Waals surface area contributed by atoms with Gasteiger partial charge in [-0.05, 0) is 12.8 Å². The van der Waals surface area contributed by atoms with E-state index in [1.54, 1.807) is 0 Å². The summed E-state index contributed by atoms with van der Waals surface area (Å²) in [6, 6.07) is 0. The molecular weight excluding hydrogens is 204 g/mol. The van der Waals surface area contributed by atoms with Gasteiger partial charge in [0, 0.05) is 18.5 Å². The predicted molar refractivity (Wildman–Crippen MR) is 65.0 cm³/mol. The van der Waals surface area contributed by atoms with Gasteiger partial charge in [-0.3, -0.25) is 9.59 Å². The van der Waals surface area contributed by atoms with E-state index in [0.717, 1.165) is 45.2 Å². The number of carbonyl (C=O) groups is 2. The number of rotatable bonds is 8. The molecule has 0 aromatic rings. The van der Waals surface area contributed by atoms with Crippen molar-refractivity contribution in [1.29, 1.82) is 0 Å². The van der Waals surface area contributed by atoms with E-state index in [1.807, 2.05) is 20.8 Å². The monoisotopic (exact) mass is 228 g/mol. The first-order valence-corrected chi connectivity index (χ1v) is 5.94. The number of nitrogens with one attached hydrogen (secondary N) is 2. The fraction of sp³-hybridized carbons (Fsp3) is 0.833. The zero-order chi connectivity index (χ0) is 12.4. The lowest BCUT2D eigenvalue weighted by Crippen LogP contribution is -2.35. The van der Waals surface area contributed by atoms with E-state index in [9.17, 15) is 9.59 Å². The Morgan fingerprint density at radius 2 is 1.62 bits per heavy atom. The molecule has 0 radical (unpaired) electrons. The highest BCUT2D eigenvalue weighted by Gasteiger charge is 2.19. The minimum absolute atomic E-state index is 0.107. The van der Waals surface area contributed by atoms with Gasteiger partial charge < -0.3 is 10.6 Å². The molecule has 2 amide bonds. The van der Waals surface area contributed by atoms with Crippen molar-refractivity contribution in [3.8, 4) is 0 Å². The summed E-state index contributed by atoms with van der Waals surface area (Å²) in [4.78, 5) is 21.4. The second-order valence-electron chi connectivity index (χ2n) is 4.99. The van der Waals surface area contributed by atoms with Crippen molar-refractivity contribution in [2.45, 2.75) is 46.5 Å². The molecule has 0 fully saturated rings. The third kappa shape index (κ3) is 8.26. The molecule has 0 aliphatic heterocycles. The standard InChI is InChI=1S/C12H24N2O2/c1-12(2,3)11(16)14-9-7-5-4-6-8-13-10-15/h10H,4-9H2,1-3H3,(H,13,15)(H,14,16). The smallest absolute Gasteiger partial charge is 0.225 e. The van der Waals surface area contributed by atoms with Crippen molar-refractivity contribution < 1.29 is 9.59 Å². The molecule has 94 valence electrons. The van der Waals surface area contributed by atoms with Crippen LogP contribution in [0.2, 0.25) is 0 Å². The number of carbonyl (C=O) groups excluding carboxylic acids is 2. The summed E-state index contributed by atoms with van der Waals surface area (Å²) >= 11 is 0. The van der Waals surface area contributed by atoms with E-state index >= 15 is 0 Å². The zero-order valence-corrected chi connectivity index (χ0v) is 10.6. The summed E-state index contributed by atoms with van der Waals surface area (Å²) in [6.07, 6.45) is 4.91. The normalized spacial score (nSPS) is 10.9. The highest BCUT2D eigenvalue weighted by atomic mass is 16.2. The molecular formula is C12H24N2O2. The van der Waals surface area contributed by atoms with Gasteiger partial charge in [-0.1, -0.05) is 33.6 Å². The van der Waals surface area contributed by atoms with Gasteiger partial charge in [-0.25, -0.2) is 0 Å². The van der Waals surface area contributed by atoms with Crippen molar-refractivity contribution in [2.24, 2.45) is 5.41 Å². The molecule has 0 atom stereocenters. The third-order valence-corrected chi connectivity index (χ3v) is 2.30. The summed E-state index contributed by atoms with van der Waals surface area (Å²) in [5, 5.41) is 5.54. The van der Waals surface area contributed by atoms with Crippen LogP contribution in [0.5, 0.6) is 0 Å². The van der Waals surface area contributed by atoms with E-state index in [2.05, 4.69) is 10.6 Å². The lowest BCUT2D eigenvalue weighted by molar-refractivity contribution is -0.128. The molecule has 0 unspecified atom stereocenters. The predicted octanol–water partition coefficient (Wildman–Crippen LogP) is 1.46. The van der Waals surface area contributed by atoms with E-state index in [-0.39, 0.29) is 11.3 Å². The van der Waals surface area contributed by atoms with Crippen LogP contribution in [0.1, 0.15) is 46.5 Å². The van der Waals surface area contributed by atoms with Crippen LogP contribution >= 0.6 is 0 Å². The first-order valence-electron chi connectivity index (χ1n) is 5.94. The number of unbranched alkanes of at least 4 members (excludes halogenated alkanes) is 3. The van der Waals surface area contributed by atoms with E-state index in [0.29, 0.717) is 0 Å². The molecule has 0 heterocycles. The Morgan fingerprint density at radius 1 is 1.06 bits per heavy atom. The van der Waals surface area contributed by atoms with Crippen molar-refractivity contribution in [3.63, 3.8) is 0 Å². The Bertz CT molecular complexity index is 210. The molecule has 4 nitrogen and oxygen atoms in total. The Labute approximate surface area is 98.2 Å². The molecule has 4 heteroatoms. The average molecular weight is 228 g/mol. The molecule has 0 aromatic carbocycles. The Hall–Kier alpha value is -1.06. The SMILES string of the molecule is CC(C)(C)C(=O)NCCCCCCNC=O. The van der Waals surface area contributed by atoms with E-state index in [1.165, 1.54) is 0 Å². The van der Waals surface area contributed by atoms with Gasteiger partial charge in [-0.15, -0.1) is 0 Å². The summed E-state index contributed by atoms with van der Waals surface area (Å²) < 4.78 is 0. The molecule has 0 aliphatic carbocycles. The van der Waals surface area contributed by atoms with Crippen molar-refractivity contribution in [3.05, 3.63) is 0 Å². The fourth-order valence-electron chi connectivity index (χ4n) is 1.23. The molecule has 0 aliphatic rings. The van der Waals surface area contributed by atoms with Crippen LogP contribution in [-0.2, 0) is 9.59 Å². The molecule has 0 aromatic heterocycles. The maximum absolute atomic E-state index is 11.5. The van der Waals surface area contributed by atoms with Gasteiger partial charge in [0.25, 0.3) is 0 Å². The lowest BCUT2D eigenvalue weighted by Gasteiger charge is -2.17. The van der Waals surface area contributed by atoms with Gasteiger partial charge in [0.2, 0.25) is 12.3 Å². The minimum atomic E-state index is -0.298. The molecule has 0 saturated heterocycles. The Balaban J connectivity index is 3.27. The van der Waals surface area contributed by atoms with Gasteiger partial charge >= 0.3 is 0 Å². The third-order valence-electron chi connectivity index (χ3n) is 2.30. The lowest BCUT2D eigenvalue weighted by atomic mass is 9.96. The van der Waals surface area contributed by atoms with Crippen LogP contribution in [0.3, 0.4) is 0 Å². The topological polar surface area (TPSA) is 58.2 Å². The molecule has 0 spiro atoms. The van der Waals surface area contributed by atoms with Crippen LogP contribution in [0, 0.1) is 5.41 Å². The van der Waals surface area contributed by atoms with Crippen molar-refractivity contribution in [1.82, 2.24) is 10.6 Å². The van der Waals surface area contributed by atoms with E-state index < -0.39 is 0 Å². The quantitative estimate of drug-likeness (QED) is 0.488. The van der Waals surface area contributed by atoms with Crippen LogP contribution in [0.25, 0.3) is 0 Å². The summed E-state index contributed by atoms with van der Waals surface area (Å²) in [5.74, 6) is 0.107. The molecule has 16 heavy (non-hydrogen) atoms. The van der Waals surface area contributed by atoms with Gasteiger partial charge in [0.15, 0.2) is 0 Å². The fourth-order valence-corrected chi connectivity index (χ4v) is 1.23. The molecule has 0 rings (SSSR count). The summed E-state index contributed by atoms with van der Waals surface area (Å²) in [7, 11) is 0. The second kappa shape index (κ2) is 8.13. The number of amides is 2. The first kappa shape index (κ1) is 14.9. The summed E-state index contributed by atoms with van der Waals surface area (Å²) in [5.41, 5.74) is -0.298. The van der Waals surface area contributed by atoms with Crippen LogP contribution in [0.15, 0.2) is 0 Å². The molecule has 0 saturated carbocycles. The van der Waals surface area contributed by atoms with Gasteiger partial charge in [0.05, 0.1) is 0 Å². The van der Waals surface area contributed by atoms with Crippen molar-refractivity contribution in [2.75, 3.05) is 13.1 Å². The maximum Gasteiger partial charge on any atom is 0.225 e. The van der Waals surface area contributed by atoms with Gasteiger partial charge in [0.1, 0.15) is 0 Å². The first-order chi connectivity index (χ1) is 7.48. The Morgan fingerprint density at radius 3 is 2.12 bits per heavy atom. The highest BCUT2D eigenvalue weighted by Crippen LogP contribution is 2.12. The second-order valence-corrected chi connectivity index (χ2v) is 4.99. The Kier molecular flexibility index (Phi) is 7.60. The number of hydrogen-bond donors (Lipinski definition) is 2. The highest BCUT2D eigenvalue weighted by molar-refractivity contribution is 5.81. The van der Waals surface area contributed by atoms with E-state index in [4.69, 9.17) is 0 Å². The summed E-state index contributed by atoms with van der Waals surface area (Å²) in [6.45, 7) is 7.23. The van der Waals surface area contributed by atoms with Crippen molar-refractivity contribution >= 4 is 12.3 Å². The molecule has 2 N–H and O–H groups in total. The average Bonchev–Trinajstić information content (AvgIpc) is 2.20. The zero-order valence-electron chi connectivity index (χ0n) is 10.6. The van der Waals surface area contributed by atoms with Crippen LogP contribution < -0.4 is 10.6 Å².